The SMILES string of the molecule is N#CCCNS(=O)(=O)c1ccc(C(=O)N[C@@H]2CCS(=O)(=O)C2)cc1. The lowest BCUT2D eigenvalue weighted by atomic mass is 10.2. The molecular weight excluding hydrogens is 354 g/mol. The highest BCUT2D eigenvalue weighted by molar-refractivity contribution is 7.91. The molecule has 0 bridgehead atoms. The molecule has 0 aromatic heterocycles. The fourth-order valence-electron chi connectivity index (χ4n) is 2.29. The summed E-state index contributed by atoms with van der Waals surface area (Å²) in [6.45, 7) is 0.0111. The molecule has 1 aromatic rings. The second-order valence-electron chi connectivity index (χ2n) is 5.40. The molecule has 10 heteroatoms. The van der Waals surface area contributed by atoms with E-state index in [9.17, 15) is 21.6 Å². The quantitative estimate of drug-likeness (QED) is 0.665. The topological polar surface area (TPSA) is 133 Å². The van der Waals surface area contributed by atoms with Crippen LogP contribution in [0.1, 0.15) is 23.2 Å². The van der Waals surface area contributed by atoms with Crippen molar-refractivity contribution in [2.45, 2.75) is 23.8 Å². The summed E-state index contributed by atoms with van der Waals surface area (Å²) in [7, 11) is -6.81. The van der Waals surface area contributed by atoms with Crippen molar-refractivity contribution in [3.63, 3.8) is 0 Å². The van der Waals surface area contributed by atoms with E-state index in [1.807, 2.05) is 6.07 Å². The Balaban J connectivity index is 2.01. The Bertz CT molecular complexity index is 855. The minimum Gasteiger partial charge on any atom is -0.348 e. The molecule has 2 N–H and O–H groups in total. The number of benzene rings is 1. The number of sulfone groups is 1. The Hall–Kier alpha value is -1.96. The lowest BCUT2D eigenvalue weighted by Crippen LogP contribution is -2.35. The highest BCUT2D eigenvalue weighted by atomic mass is 32.2. The van der Waals surface area contributed by atoms with Crippen molar-refractivity contribution in [3.05, 3.63) is 29.8 Å². The van der Waals surface area contributed by atoms with Gasteiger partial charge in [-0.1, -0.05) is 0 Å². The van der Waals surface area contributed by atoms with Crippen LogP contribution in [0.25, 0.3) is 0 Å². The number of nitriles is 1. The van der Waals surface area contributed by atoms with Crippen molar-refractivity contribution >= 4 is 25.8 Å². The van der Waals surface area contributed by atoms with E-state index in [-0.39, 0.29) is 34.9 Å². The number of nitrogens with zero attached hydrogens (tertiary/aromatic N) is 1. The zero-order valence-corrected chi connectivity index (χ0v) is 14.4. The van der Waals surface area contributed by atoms with Gasteiger partial charge in [0.25, 0.3) is 5.91 Å². The largest absolute Gasteiger partial charge is 0.348 e. The second kappa shape index (κ2) is 7.29. The van der Waals surface area contributed by atoms with Crippen molar-refractivity contribution in [1.29, 1.82) is 5.26 Å². The molecule has 1 aromatic carbocycles. The minimum atomic E-state index is -3.72. The van der Waals surface area contributed by atoms with E-state index < -0.39 is 31.8 Å². The molecule has 24 heavy (non-hydrogen) atoms. The molecule has 0 unspecified atom stereocenters. The van der Waals surface area contributed by atoms with Crippen molar-refractivity contribution in [1.82, 2.24) is 10.0 Å². The summed E-state index contributed by atoms with van der Waals surface area (Å²) in [6.07, 6.45) is 0.438. The summed E-state index contributed by atoms with van der Waals surface area (Å²) >= 11 is 0. The first-order valence-electron chi connectivity index (χ1n) is 7.21. The van der Waals surface area contributed by atoms with Gasteiger partial charge in [0, 0.05) is 24.6 Å². The maximum Gasteiger partial charge on any atom is 0.251 e. The fourth-order valence-corrected chi connectivity index (χ4v) is 4.99. The number of amides is 1. The van der Waals surface area contributed by atoms with Gasteiger partial charge in [-0.2, -0.15) is 5.26 Å². The number of carbonyl (C=O) groups excluding carboxylic acids is 1. The fraction of sp³-hybridized carbons (Fsp3) is 0.429. The molecule has 1 aliphatic heterocycles. The van der Waals surface area contributed by atoms with Gasteiger partial charge in [-0.25, -0.2) is 21.6 Å². The molecule has 0 radical (unpaired) electrons. The van der Waals surface area contributed by atoms with Crippen LogP contribution in [-0.4, -0.2) is 46.8 Å². The standard InChI is InChI=1S/C14H17N3O5S2/c15-7-1-8-16-24(21,22)13-4-2-11(3-5-13)14(18)17-12-6-9-23(19,20)10-12/h2-5,12,16H,1,6,8-10H2,(H,17,18)/t12-/m1/s1. The zero-order valence-electron chi connectivity index (χ0n) is 12.7. The Labute approximate surface area is 140 Å². The summed E-state index contributed by atoms with van der Waals surface area (Å²) in [6, 6.07) is 6.71. The van der Waals surface area contributed by atoms with Gasteiger partial charge in [0.1, 0.15) is 0 Å². The van der Waals surface area contributed by atoms with Crippen LogP contribution in [0.15, 0.2) is 29.2 Å². The minimum absolute atomic E-state index is 0.0111. The number of sulfonamides is 1. The Morgan fingerprint density at radius 2 is 1.96 bits per heavy atom. The summed E-state index contributed by atoms with van der Waals surface area (Å²) in [5.74, 6) is -0.462. The third-order valence-corrected chi connectivity index (χ3v) is 6.77. The molecular formula is C14H17N3O5S2. The van der Waals surface area contributed by atoms with Crippen molar-refractivity contribution in [3.8, 4) is 6.07 Å². The van der Waals surface area contributed by atoms with Crippen LogP contribution >= 0.6 is 0 Å². The molecule has 2 rings (SSSR count). The molecule has 0 aliphatic carbocycles. The summed E-state index contributed by atoms with van der Waals surface area (Å²) in [5, 5.41) is 11.0. The molecule has 1 fully saturated rings. The van der Waals surface area contributed by atoms with Gasteiger partial charge in [-0.3, -0.25) is 4.79 Å². The monoisotopic (exact) mass is 371 g/mol. The molecule has 1 atom stereocenters. The van der Waals surface area contributed by atoms with Crippen LogP contribution in [0.3, 0.4) is 0 Å². The first kappa shape index (κ1) is 18.4. The predicted molar refractivity (Wildman–Crippen MR) is 86.4 cm³/mol. The van der Waals surface area contributed by atoms with E-state index in [2.05, 4.69) is 10.0 Å². The summed E-state index contributed by atoms with van der Waals surface area (Å²) < 4.78 is 48.9. The zero-order chi connectivity index (χ0) is 17.8. The van der Waals surface area contributed by atoms with Gasteiger partial charge in [0.2, 0.25) is 10.0 Å². The maximum absolute atomic E-state index is 12.1. The number of carbonyl (C=O) groups is 1. The van der Waals surface area contributed by atoms with Crippen LogP contribution in [0, 0.1) is 11.3 Å². The third-order valence-electron chi connectivity index (χ3n) is 3.52. The van der Waals surface area contributed by atoms with Crippen molar-refractivity contribution < 1.29 is 21.6 Å². The average Bonchev–Trinajstić information content (AvgIpc) is 2.86. The molecule has 8 nitrogen and oxygen atoms in total. The van der Waals surface area contributed by atoms with E-state index >= 15 is 0 Å². The summed E-state index contributed by atoms with van der Waals surface area (Å²) in [5.41, 5.74) is 0.246. The van der Waals surface area contributed by atoms with E-state index in [4.69, 9.17) is 5.26 Å². The molecule has 1 heterocycles. The van der Waals surface area contributed by atoms with Gasteiger partial charge in [0.15, 0.2) is 9.84 Å². The lowest BCUT2D eigenvalue weighted by Gasteiger charge is -2.11. The van der Waals surface area contributed by atoms with E-state index in [0.717, 1.165) is 0 Å². The van der Waals surface area contributed by atoms with E-state index in [1.54, 1.807) is 0 Å². The predicted octanol–water partition coefficient (Wildman–Crippen LogP) is -0.205. The maximum atomic E-state index is 12.1. The Kier molecular flexibility index (Phi) is 5.58. The normalized spacial score (nSPS) is 19.5. The molecule has 130 valence electrons. The van der Waals surface area contributed by atoms with Crippen LogP contribution < -0.4 is 10.0 Å². The van der Waals surface area contributed by atoms with E-state index in [1.165, 1.54) is 24.3 Å². The molecule has 1 saturated heterocycles. The van der Waals surface area contributed by atoms with Crippen LogP contribution in [0.2, 0.25) is 0 Å². The van der Waals surface area contributed by atoms with Gasteiger partial charge in [0.05, 0.1) is 22.5 Å². The van der Waals surface area contributed by atoms with Crippen molar-refractivity contribution in [2.75, 3.05) is 18.1 Å². The first-order valence-corrected chi connectivity index (χ1v) is 10.5. The van der Waals surface area contributed by atoms with Gasteiger partial charge < -0.3 is 5.32 Å². The lowest BCUT2D eigenvalue weighted by molar-refractivity contribution is 0.0941. The number of hydrogen-bond acceptors (Lipinski definition) is 6. The molecule has 1 aliphatic rings. The number of nitrogens with one attached hydrogen (secondary N) is 2. The smallest absolute Gasteiger partial charge is 0.251 e. The number of rotatable bonds is 6. The molecule has 0 spiro atoms. The second-order valence-corrected chi connectivity index (χ2v) is 9.40. The first-order chi connectivity index (χ1) is 11.2. The van der Waals surface area contributed by atoms with Gasteiger partial charge in [-0.05, 0) is 30.7 Å². The third kappa shape index (κ3) is 4.77. The van der Waals surface area contributed by atoms with Crippen LogP contribution in [-0.2, 0) is 19.9 Å². The highest BCUT2D eigenvalue weighted by Crippen LogP contribution is 2.14. The average molecular weight is 371 g/mol. The van der Waals surface area contributed by atoms with Crippen LogP contribution in [0.4, 0.5) is 0 Å². The molecule has 0 saturated carbocycles. The Morgan fingerprint density at radius 3 is 2.50 bits per heavy atom. The Morgan fingerprint density at radius 1 is 1.29 bits per heavy atom. The van der Waals surface area contributed by atoms with E-state index in [0.29, 0.717) is 6.42 Å². The van der Waals surface area contributed by atoms with Gasteiger partial charge in [-0.15, -0.1) is 0 Å². The van der Waals surface area contributed by atoms with Crippen LogP contribution in [0.5, 0.6) is 0 Å². The highest BCUT2D eigenvalue weighted by Gasteiger charge is 2.29. The number of hydrogen-bond donors (Lipinski definition) is 2. The molecule has 1 amide bonds. The van der Waals surface area contributed by atoms with Gasteiger partial charge >= 0.3 is 0 Å². The summed E-state index contributed by atoms with van der Waals surface area (Å²) in [4.78, 5) is 12.1. The van der Waals surface area contributed by atoms with Crippen molar-refractivity contribution in [2.24, 2.45) is 0 Å².